The van der Waals surface area contributed by atoms with Gasteiger partial charge in [0, 0.05) is 40.4 Å². The van der Waals surface area contributed by atoms with E-state index < -0.39 is 0 Å². The topological polar surface area (TPSA) is 36.9 Å². The van der Waals surface area contributed by atoms with Crippen molar-refractivity contribution >= 4 is 29.9 Å². The van der Waals surface area contributed by atoms with E-state index in [1.807, 2.05) is 27.1 Å². The van der Waals surface area contributed by atoms with Gasteiger partial charge in [0.1, 0.15) is 0 Å². The number of benzene rings is 1. The number of aliphatic imine (C=N–C) groups is 1. The van der Waals surface area contributed by atoms with Crippen molar-refractivity contribution in [1.82, 2.24) is 10.2 Å². The molecule has 1 rings (SSSR count). The summed E-state index contributed by atoms with van der Waals surface area (Å²) in [5.74, 6) is 0.917. The third-order valence-corrected chi connectivity index (χ3v) is 2.79. The first-order chi connectivity index (χ1) is 9.27. The summed E-state index contributed by atoms with van der Waals surface area (Å²) in [6, 6.07) is 10.4. The molecule has 0 atom stereocenters. The van der Waals surface area contributed by atoms with Crippen LogP contribution in [0.3, 0.4) is 0 Å². The predicted octanol–water partition coefficient (Wildman–Crippen LogP) is 2.74. The van der Waals surface area contributed by atoms with Gasteiger partial charge in [0.05, 0.1) is 0 Å². The summed E-state index contributed by atoms with van der Waals surface area (Å²) in [5.41, 5.74) is 1.28. The van der Waals surface area contributed by atoms with E-state index in [1.54, 1.807) is 0 Å². The molecule has 1 aromatic rings. The zero-order valence-corrected chi connectivity index (χ0v) is 15.0. The van der Waals surface area contributed by atoms with Crippen LogP contribution < -0.4 is 5.32 Å². The summed E-state index contributed by atoms with van der Waals surface area (Å²) >= 11 is 0. The zero-order chi connectivity index (χ0) is 13.9. The van der Waals surface area contributed by atoms with Gasteiger partial charge in [-0.2, -0.15) is 0 Å². The van der Waals surface area contributed by atoms with Crippen molar-refractivity contribution in [1.29, 1.82) is 0 Å². The number of nitrogens with one attached hydrogen (secondary N) is 1. The van der Waals surface area contributed by atoms with E-state index in [-0.39, 0.29) is 24.0 Å². The van der Waals surface area contributed by atoms with E-state index in [4.69, 9.17) is 4.74 Å². The average Bonchev–Trinajstić information content (AvgIpc) is 2.44. The van der Waals surface area contributed by atoms with Crippen molar-refractivity contribution in [3.63, 3.8) is 0 Å². The molecule has 0 unspecified atom stereocenters. The molecule has 0 saturated carbocycles. The van der Waals surface area contributed by atoms with Crippen LogP contribution in [-0.2, 0) is 11.3 Å². The van der Waals surface area contributed by atoms with Crippen molar-refractivity contribution in [2.24, 2.45) is 4.99 Å². The van der Waals surface area contributed by atoms with Gasteiger partial charge < -0.3 is 15.0 Å². The smallest absolute Gasteiger partial charge is 0.193 e. The number of nitrogens with zero attached hydrogens (tertiary/aromatic N) is 2. The lowest BCUT2D eigenvalue weighted by molar-refractivity contribution is 0.145. The first-order valence-corrected chi connectivity index (χ1v) is 6.81. The number of hydrogen-bond donors (Lipinski definition) is 1. The van der Waals surface area contributed by atoms with E-state index in [1.165, 1.54) is 5.56 Å². The van der Waals surface area contributed by atoms with Crippen LogP contribution >= 0.6 is 24.0 Å². The van der Waals surface area contributed by atoms with Crippen molar-refractivity contribution in [2.75, 3.05) is 33.9 Å². The number of hydrogen-bond acceptors (Lipinski definition) is 2. The van der Waals surface area contributed by atoms with Gasteiger partial charge in [0.15, 0.2) is 5.96 Å². The van der Waals surface area contributed by atoms with Crippen LogP contribution in [0.15, 0.2) is 35.3 Å². The predicted molar refractivity (Wildman–Crippen MR) is 95.8 cm³/mol. The van der Waals surface area contributed by atoms with Gasteiger partial charge >= 0.3 is 0 Å². The standard InChI is InChI=1S/C15H25N3O.HI/c1-4-19-12-8-11-17-15(16-2)18(3)13-14-9-6-5-7-10-14;/h5-7,9-10H,4,8,11-13H2,1-3H3,(H,16,17);1H. The Bertz CT molecular complexity index is 371. The van der Waals surface area contributed by atoms with Gasteiger partial charge in [0.25, 0.3) is 0 Å². The van der Waals surface area contributed by atoms with Crippen molar-refractivity contribution in [3.05, 3.63) is 35.9 Å². The molecule has 5 heteroatoms. The number of rotatable bonds is 7. The normalized spacial score (nSPS) is 10.8. The molecule has 0 spiro atoms. The highest BCUT2D eigenvalue weighted by molar-refractivity contribution is 14.0. The maximum Gasteiger partial charge on any atom is 0.193 e. The number of halogens is 1. The quantitative estimate of drug-likeness (QED) is 0.336. The molecule has 0 radical (unpaired) electrons. The van der Waals surface area contributed by atoms with Crippen molar-refractivity contribution in [2.45, 2.75) is 19.9 Å². The second-order valence-electron chi connectivity index (χ2n) is 4.37. The average molecular weight is 391 g/mol. The van der Waals surface area contributed by atoms with Gasteiger partial charge in [-0.05, 0) is 18.9 Å². The van der Waals surface area contributed by atoms with Crippen LogP contribution in [0, 0.1) is 0 Å². The second-order valence-corrected chi connectivity index (χ2v) is 4.37. The Morgan fingerprint density at radius 2 is 2.00 bits per heavy atom. The summed E-state index contributed by atoms with van der Waals surface area (Å²) in [7, 11) is 3.86. The summed E-state index contributed by atoms with van der Waals surface area (Å²) in [5, 5.41) is 3.34. The van der Waals surface area contributed by atoms with Gasteiger partial charge in [-0.3, -0.25) is 4.99 Å². The maximum absolute atomic E-state index is 5.31. The van der Waals surface area contributed by atoms with Gasteiger partial charge in [0.2, 0.25) is 0 Å². The Hall–Kier alpha value is -0.820. The molecular formula is C15H26IN3O. The molecule has 114 valence electrons. The molecule has 0 aromatic heterocycles. The number of guanidine groups is 1. The SMILES string of the molecule is CCOCCCNC(=NC)N(C)Cc1ccccc1.I. The molecule has 0 heterocycles. The van der Waals surface area contributed by atoms with Crippen molar-refractivity contribution < 1.29 is 4.74 Å². The minimum atomic E-state index is 0. The maximum atomic E-state index is 5.31. The largest absolute Gasteiger partial charge is 0.382 e. The highest BCUT2D eigenvalue weighted by atomic mass is 127. The molecule has 4 nitrogen and oxygen atoms in total. The summed E-state index contributed by atoms with van der Waals surface area (Å²) in [4.78, 5) is 6.41. The molecule has 0 bridgehead atoms. The van der Waals surface area contributed by atoms with Crippen LogP contribution in [-0.4, -0.2) is 44.7 Å². The molecule has 1 aromatic carbocycles. The monoisotopic (exact) mass is 391 g/mol. The lowest BCUT2D eigenvalue weighted by Gasteiger charge is -2.22. The molecule has 0 aliphatic rings. The molecule has 0 fully saturated rings. The fraction of sp³-hybridized carbons (Fsp3) is 0.533. The lowest BCUT2D eigenvalue weighted by Crippen LogP contribution is -2.39. The van der Waals surface area contributed by atoms with E-state index in [2.05, 4.69) is 39.5 Å². The fourth-order valence-corrected chi connectivity index (χ4v) is 1.84. The van der Waals surface area contributed by atoms with Crippen LogP contribution in [0.5, 0.6) is 0 Å². The van der Waals surface area contributed by atoms with Crippen LogP contribution in [0.4, 0.5) is 0 Å². The highest BCUT2D eigenvalue weighted by Crippen LogP contribution is 2.02. The molecule has 0 aliphatic carbocycles. The highest BCUT2D eigenvalue weighted by Gasteiger charge is 2.05. The van der Waals surface area contributed by atoms with Crippen LogP contribution in [0.1, 0.15) is 18.9 Å². The van der Waals surface area contributed by atoms with E-state index in [9.17, 15) is 0 Å². The molecule has 20 heavy (non-hydrogen) atoms. The van der Waals surface area contributed by atoms with Gasteiger partial charge in [-0.25, -0.2) is 0 Å². The third kappa shape index (κ3) is 7.69. The summed E-state index contributed by atoms with van der Waals surface area (Å²) in [6.45, 7) is 5.32. The van der Waals surface area contributed by atoms with Crippen molar-refractivity contribution in [3.8, 4) is 0 Å². The van der Waals surface area contributed by atoms with E-state index in [0.29, 0.717) is 0 Å². The van der Waals surface area contributed by atoms with Crippen LogP contribution in [0.25, 0.3) is 0 Å². The summed E-state index contributed by atoms with van der Waals surface area (Å²) in [6.07, 6.45) is 0.992. The van der Waals surface area contributed by atoms with E-state index in [0.717, 1.165) is 38.7 Å². The van der Waals surface area contributed by atoms with Crippen LogP contribution in [0.2, 0.25) is 0 Å². The third-order valence-electron chi connectivity index (χ3n) is 2.79. The Balaban J connectivity index is 0.00000361. The molecule has 0 amide bonds. The Labute approximate surface area is 139 Å². The summed E-state index contributed by atoms with van der Waals surface area (Å²) < 4.78 is 5.31. The number of ether oxygens (including phenoxy) is 1. The fourth-order valence-electron chi connectivity index (χ4n) is 1.84. The molecule has 0 aliphatic heterocycles. The molecular weight excluding hydrogens is 365 g/mol. The molecule has 1 N–H and O–H groups in total. The zero-order valence-electron chi connectivity index (χ0n) is 12.6. The van der Waals surface area contributed by atoms with Gasteiger partial charge in [-0.15, -0.1) is 24.0 Å². The first-order valence-electron chi connectivity index (χ1n) is 6.81. The Morgan fingerprint density at radius 1 is 1.30 bits per heavy atom. The second kappa shape index (κ2) is 12.0. The first kappa shape index (κ1) is 19.2. The minimum Gasteiger partial charge on any atom is -0.382 e. The lowest BCUT2D eigenvalue weighted by atomic mass is 10.2. The van der Waals surface area contributed by atoms with E-state index >= 15 is 0 Å². The molecule has 0 saturated heterocycles. The Morgan fingerprint density at radius 3 is 2.60 bits per heavy atom. The minimum absolute atomic E-state index is 0. The van der Waals surface area contributed by atoms with Gasteiger partial charge in [-0.1, -0.05) is 30.3 Å². The Kier molecular flexibility index (Phi) is 11.5.